The zero-order valence-electron chi connectivity index (χ0n) is 14.3. The highest BCUT2D eigenvalue weighted by atomic mass is 19.2. The minimum absolute atomic E-state index is 0.462. The van der Waals surface area contributed by atoms with E-state index >= 15 is 0 Å². The lowest BCUT2D eigenvalue weighted by Crippen LogP contribution is -2.42. The molecule has 2 rings (SSSR count). The number of rotatable bonds is 5. The number of hydrogen-bond acceptors (Lipinski definition) is 2. The maximum Gasteiger partial charge on any atom is 0.245 e. The van der Waals surface area contributed by atoms with Gasteiger partial charge in [-0.15, -0.1) is 0 Å². The van der Waals surface area contributed by atoms with Crippen molar-refractivity contribution in [1.82, 2.24) is 4.90 Å². The predicted octanol–water partition coefficient (Wildman–Crippen LogP) is 4.05. The highest BCUT2D eigenvalue weighted by molar-refractivity contribution is 5.85. The fourth-order valence-electron chi connectivity index (χ4n) is 2.58. The first-order valence-corrected chi connectivity index (χ1v) is 7.70. The van der Waals surface area contributed by atoms with Crippen LogP contribution < -0.4 is 5.32 Å². The van der Waals surface area contributed by atoms with Gasteiger partial charge in [0.1, 0.15) is 6.04 Å². The molecule has 0 fully saturated rings. The third-order valence-corrected chi connectivity index (χ3v) is 4.00. The standard InChI is InChI=1S/C18H17F5N2O/c1-9(11-12(19)14(21)16(23)15(22)13(11)20)17(18(26)25(2)3)24-10-7-5-4-6-8-10/h4-9,17,24H,1-3H3/t9-,17-/m0/s1. The second kappa shape index (κ2) is 7.72. The summed E-state index contributed by atoms with van der Waals surface area (Å²) < 4.78 is 68.6. The van der Waals surface area contributed by atoms with Crippen molar-refractivity contribution in [3.05, 3.63) is 65.0 Å². The van der Waals surface area contributed by atoms with Crippen molar-refractivity contribution < 1.29 is 26.7 Å². The van der Waals surface area contributed by atoms with E-state index in [1.54, 1.807) is 30.3 Å². The molecular formula is C18H17F5N2O. The highest BCUT2D eigenvalue weighted by Crippen LogP contribution is 2.32. The molecule has 0 radical (unpaired) electrons. The van der Waals surface area contributed by atoms with Crippen LogP contribution in [0.3, 0.4) is 0 Å². The molecule has 0 heterocycles. The molecule has 26 heavy (non-hydrogen) atoms. The molecule has 8 heteroatoms. The predicted molar refractivity (Wildman–Crippen MR) is 87.2 cm³/mol. The van der Waals surface area contributed by atoms with Gasteiger partial charge in [0, 0.05) is 31.3 Å². The van der Waals surface area contributed by atoms with Gasteiger partial charge in [0.05, 0.1) is 0 Å². The molecular weight excluding hydrogens is 355 g/mol. The summed E-state index contributed by atoms with van der Waals surface area (Å²) in [5.41, 5.74) is -0.576. The van der Waals surface area contributed by atoms with Crippen molar-refractivity contribution in [2.45, 2.75) is 18.9 Å². The number of amides is 1. The van der Waals surface area contributed by atoms with Crippen molar-refractivity contribution in [2.75, 3.05) is 19.4 Å². The quantitative estimate of drug-likeness (QED) is 0.488. The Morgan fingerprint density at radius 2 is 1.35 bits per heavy atom. The van der Waals surface area contributed by atoms with E-state index in [9.17, 15) is 26.7 Å². The Balaban J connectivity index is 2.54. The third-order valence-electron chi connectivity index (χ3n) is 4.00. The number of anilines is 1. The third kappa shape index (κ3) is 3.63. The van der Waals surface area contributed by atoms with Crippen molar-refractivity contribution in [1.29, 1.82) is 0 Å². The Bertz CT molecular complexity index is 782. The summed E-state index contributed by atoms with van der Waals surface area (Å²) in [6.45, 7) is 1.22. The van der Waals surface area contributed by atoms with Gasteiger partial charge < -0.3 is 10.2 Å². The van der Waals surface area contributed by atoms with E-state index in [0.29, 0.717) is 5.69 Å². The smallest absolute Gasteiger partial charge is 0.245 e. The Kier molecular flexibility index (Phi) is 5.84. The molecule has 3 nitrogen and oxygen atoms in total. The van der Waals surface area contributed by atoms with Gasteiger partial charge in [-0.05, 0) is 12.1 Å². The highest BCUT2D eigenvalue weighted by Gasteiger charge is 2.35. The van der Waals surface area contributed by atoms with Crippen LogP contribution in [0.15, 0.2) is 30.3 Å². The fraction of sp³-hybridized carbons (Fsp3) is 0.278. The first-order valence-electron chi connectivity index (χ1n) is 7.70. The molecule has 1 amide bonds. The van der Waals surface area contributed by atoms with Gasteiger partial charge in [-0.3, -0.25) is 4.79 Å². The molecule has 140 valence electrons. The first-order chi connectivity index (χ1) is 12.2. The van der Waals surface area contributed by atoms with Gasteiger partial charge in [-0.25, -0.2) is 22.0 Å². The lowest BCUT2D eigenvalue weighted by Gasteiger charge is -2.28. The van der Waals surface area contributed by atoms with Crippen molar-refractivity contribution in [3.8, 4) is 0 Å². The second-order valence-corrected chi connectivity index (χ2v) is 5.99. The summed E-state index contributed by atoms with van der Waals surface area (Å²) in [6.07, 6.45) is 0. The van der Waals surface area contributed by atoms with Gasteiger partial charge in [0.15, 0.2) is 23.3 Å². The summed E-state index contributed by atoms with van der Waals surface area (Å²) in [6, 6.07) is 7.04. The molecule has 1 N–H and O–H groups in total. The molecule has 0 spiro atoms. The van der Waals surface area contributed by atoms with Gasteiger partial charge in [0.2, 0.25) is 11.7 Å². The SMILES string of the molecule is C[C@@H](c1c(F)c(F)c(F)c(F)c1F)[C@H](Nc1ccccc1)C(=O)N(C)C. The molecule has 0 saturated heterocycles. The lowest BCUT2D eigenvalue weighted by molar-refractivity contribution is -0.129. The number of likely N-dealkylation sites (N-methyl/N-ethyl adjacent to an activating group) is 1. The lowest BCUT2D eigenvalue weighted by atomic mass is 9.90. The molecule has 0 bridgehead atoms. The maximum absolute atomic E-state index is 14.1. The van der Waals surface area contributed by atoms with Gasteiger partial charge in [-0.2, -0.15) is 0 Å². The van der Waals surface area contributed by atoms with E-state index < -0.39 is 52.5 Å². The molecule has 0 aromatic heterocycles. The summed E-state index contributed by atoms with van der Waals surface area (Å²) in [5, 5.41) is 2.80. The van der Waals surface area contributed by atoms with E-state index in [1.807, 2.05) is 0 Å². The van der Waals surface area contributed by atoms with Crippen LogP contribution in [0.5, 0.6) is 0 Å². The topological polar surface area (TPSA) is 32.3 Å². The molecule has 0 aliphatic heterocycles. The number of halogens is 5. The van der Waals surface area contributed by atoms with Crippen LogP contribution in [0.25, 0.3) is 0 Å². The molecule has 0 saturated carbocycles. The minimum atomic E-state index is -2.23. The average molecular weight is 372 g/mol. The molecule has 0 unspecified atom stereocenters. The van der Waals surface area contributed by atoms with E-state index in [0.717, 1.165) is 0 Å². The van der Waals surface area contributed by atoms with Crippen molar-refractivity contribution in [2.24, 2.45) is 0 Å². The Hall–Kier alpha value is -2.64. The molecule has 2 aromatic rings. The number of carbonyl (C=O) groups excluding carboxylic acids is 1. The Morgan fingerprint density at radius 3 is 1.81 bits per heavy atom. The summed E-state index contributed by atoms with van der Waals surface area (Å²) in [4.78, 5) is 13.6. The molecule has 2 aromatic carbocycles. The Morgan fingerprint density at radius 1 is 0.885 bits per heavy atom. The number of benzene rings is 2. The zero-order valence-corrected chi connectivity index (χ0v) is 14.3. The fourth-order valence-corrected chi connectivity index (χ4v) is 2.58. The molecule has 0 aliphatic carbocycles. The van der Waals surface area contributed by atoms with E-state index in [2.05, 4.69) is 5.32 Å². The first kappa shape index (κ1) is 19.7. The zero-order chi connectivity index (χ0) is 19.6. The maximum atomic E-state index is 14.1. The number of hydrogen-bond donors (Lipinski definition) is 1. The van der Waals surface area contributed by atoms with E-state index in [-0.39, 0.29) is 0 Å². The van der Waals surface area contributed by atoms with Crippen LogP contribution in [0.4, 0.5) is 27.6 Å². The minimum Gasteiger partial charge on any atom is -0.373 e. The number of para-hydroxylation sites is 1. The van der Waals surface area contributed by atoms with Crippen molar-refractivity contribution >= 4 is 11.6 Å². The van der Waals surface area contributed by atoms with Crippen LogP contribution in [-0.4, -0.2) is 30.9 Å². The van der Waals surface area contributed by atoms with Crippen LogP contribution in [0.1, 0.15) is 18.4 Å². The number of nitrogens with one attached hydrogen (secondary N) is 1. The normalized spacial score (nSPS) is 13.2. The summed E-state index contributed by atoms with van der Waals surface area (Å²) in [5.74, 6) is -12.1. The Labute approximate surface area is 147 Å². The van der Waals surface area contributed by atoms with Gasteiger partial charge >= 0.3 is 0 Å². The summed E-state index contributed by atoms with van der Waals surface area (Å²) in [7, 11) is 2.85. The van der Waals surface area contributed by atoms with Crippen molar-refractivity contribution in [3.63, 3.8) is 0 Å². The number of carbonyl (C=O) groups is 1. The number of nitrogens with zero attached hydrogens (tertiary/aromatic N) is 1. The van der Waals surface area contributed by atoms with Crippen LogP contribution in [-0.2, 0) is 4.79 Å². The molecule has 2 atom stereocenters. The van der Waals surface area contributed by atoms with Gasteiger partial charge in [-0.1, -0.05) is 25.1 Å². The molecule has 0 aliphatic rings. The van der Waals surface area contributed by atoms with Crippen LogP contribution in [0.2, 0.25) is 0 Å². The second-order valence-electron chi connectivity index (χ2n) is 5.99. The van der Waals surface area contributed by atoms with Crippen LogP contribution >= 0.6 is 0 Å². The monoisotopic (exact) mass is 372 g/mol. The largest absolute Gasteiger partial charge is 0.373 e. The van der Waals surface area contributed by atoms with Gasteiger partial charge in [0.25, 0.3) is 0 Å². The summed E-state index contributed by atoms with van der Waals surface area (Å²) >= 11 is 0. The van der Waals surface area contributed by atoms with E-state index in [1.165, 1.54) is 25.9 Å². The van der Waals surface area contributed by atoms with Crippen LogP contribution in [0, 0.1) is 29.1 Å². The average Bonchev–Trinajstić information content (AvgIpc) is 2.63. The van der Waals surface area contributed by atoms with E-state index in [4.69, 9.17) is 0 Å².